The van der Waals surface area contributed by atoms with Gasteiger partial charge in [0.05, 0.1) is 32.2 Å². The van der Waals surface area contributed by atoms with Crippen molar-refractivity contribution in [1.82, 2.24) is 23.8 Å². The zero-order valence-corrected chi connectivity index (χ0v) is 24.1. The number of fused-ring (bicyclic) bond motifs is 1. The third kappa shape index (κ3) is 5.51. The lowest BCUT2D eigenvalue weighted by atomic mass is 10.1. The average Bonchev–Trinajstić information content (AvgIpc) is 3.43. The van der Waals surface area contributed by atoms with Crippen molar-refractivity contribution in [3.63, 3.8) is 0 Å². The van der Waals surface area contributed by atoms with E-state index >= 15 is 0 Å². The van der Waals surface area contributed by atoms with E-state index in [1.54, 1.807) is 47.4 Å². The van der Waals surface area contributed by atoms with Gasteiger partial charge in [0.15, 0.2) is 0 Å². The number of halogens is 1. The van der Waals surface area contributed by atoms with E-state index in [1.165, 1.54) is 28.5 Å². The lowest BCUT2D eigenvalue weighted by Gasteiger charge is -2.33. The molecule has 1 fully saturated rings. The average molecular weight is 618 g/mol. The predicted molar refractivity (Wildman–Crippen MR) is 160 cm³/mol. The Bertz CT molecular complexity index is 1950. The van der Waals surface area contributed by atoms with Crippen LogP contribution in [0.1, 0.15) is 23.3 Å². The molecular weight excluding hydrogens is 594 g/mol. The van der Waals surface area contributed by atoms with Crippen molar-refractivity contribution >= 4 is 50.1 Å². The molecule has 1 aliphatic heterocycles. The summed E-state index contributed by atoms with van der Waals surface area (Å²) < 4.78 is 28.4. The number of nitrogens with zero attached hydrogens (tertiary/aromatic N) is 6. The van der Waals surface area contributed by atoms with Gasteiger partial charge in [0.25, 0.3) is 21.6 Å². The molecule has 6 rings (SSSR count). The monoisotopic (exact) mass is 617 g/mol. The highest BCUT2D eigenvalue weighted by atomic mass is 35.5. The molecule has 43 heavy (non-hydrogen) atoms. The number of nitrogens with one attached hydrogen (secondary N) is 1. The zero-order valence-electron chi connectivity index (χ0n) is 22.5. The summed E-state index contributed by atoms with van der Waals surface area (Å²) in [5.41, 5.74) is 1.29. The molecule has 1 atom stereocenters. The Morgan fingerprint density at radius 2 is 1.79 bits per heavy atom. The van der Waals surface area contributed by atoms with Crippen LogP contribution in [0.2, 0.25) is 5.02 Å². The van der Waals surface area contributed by atoms with Gasteiger partial charge < -0.3 is 10.2 Å². The zero-order chi connectivity index (χ0) is 30.1. The summed E-state index contributed by atoms with van der Waals surface area (Å²) in [6, 6.07) is 17.7. The fourth-order valence-electron chi connectivity index (χ4n) is 5.11. The van der Waals surface area contributed by atoms with E-state index < -0.39 is 14.9 Å². The van der Waals surface area contributed by atoms with Crippen molar-refractivity contribution in [2.75, 3.05) is 18.4 Å². The molecule has 12 nitrogen and oxygen atoms in total. The van der Waals surface area contributed by atoms with E-state index in [-0.39, 0.29) is 39.2 Å². The summed E-state index contributed by atoms with van der Waals surface area (Å²) in [5.74, 6) is -0.0542. The number of hydrogen-bond acceptors (Lipinski definition) is 9. The van der Waals surface area contributed by atoms with Gasteiger partial charge in [-0.05, 0) is 37.1 Å². The second kappa shape index (κ2) is 11.4. The molecule has 1 saturated heterocycles. The highest BCUT2D eigenvalue weighted by Crippen LogP contribution is 2.36. The smallest absolute Gasteiger partial charge is 0.287 e. The second-order valence-electron chi connectivity index (χ2n) is 9.96. The van der Waals surface area contributed by atoms with Gasteiger partial charge in [0.1, 0.15) is 11.9 Å². The van der Waals surface area contributed by atoms with Crippen LogP contribution in [-0.2, 0) is 10.0 Å². The molecule has 0 saturated carbocycles. The minimum absolute atomic E-state index is 0.123. The van der Waals surface area contributed by atoms with Gasteiger partial charge in [-0.15, -0.1) is 0 Å². The van der Waals surface area contributed by atoms with E-state index in [9.17, 15) is 23.3 Å². The van der Waals surface area contributed by atoms with Gasteiger partial charge in [-0.25, -0.2) is 27.3 Å². The molecule has 218 valence electrons. The number of nitro groups is 1. The van der Waals surface area contributed by atoms with Crippen molar-refractivity contribution in [2.24, 2.45) is 0 Å². The molecule has 5 aromatic rings. The van der Waals surface area contributed by atoms with Gasteiger partial charge in [-0.1, -0.05) is 48.0 Å². The summed E-state index contributed by atoms with van der Waals surface area (Å²) in [5, 5.41) is 15.1. The number of amides is 1. The van der Waals surface area contributed by atoms with Crippen LogP contribution < -0.4 is 5.32 Å². The summed E-state index contributed by atoms with van der Waals surface area (Å²) in [7, 11) is -3.90. The van der Waals surface area contributed by atoms with E-state index in [0.29, 0.717) is 41.7 Å². The quantitative estimate of drug-likeness (QED) is 0.196. The van der Waals surface area contributed by atoms with Gasteiger partial charge in [0.2, 0.25) is 5.95 Å². The topological polar surface area (TPSA) is 153 Å². The van der Waals surface area contributed by atoms with Crippen molar-refractivity contribution in [3.05, 3.63) is 106 Å². The lowest BCUT2D eigenvalue weighted by Crippen LogP contribution is -2.45. The molecule has 3 aromatic heterocycles. The number of likely N-dealkylation sites (tertiary alicyclic amines) is 1. The number of anilines is 1. The maximum atomic E-state index is 13.6. The molecule has 1 N–H and O–H groups in total. The van der Waals surface area contributed by atoms with Crippen molar-refractivity contribution < 1.29 is 18.1 Å². The Hall–Kier alpha value is -4.88. The fraction of sp³-hybridized carbons (Fsp3) is 0.172. The van der Waals surface area contributed by atoms with Crippen LogP contribution >= 0.6 is 11.6 Å². The Kier molecular flexibility index (Phi) is 7.50. The third-order valence-electron chi connectivity index (χ3n) is 7.20. The van der Waals surface area contributed by atoms with Gasteiger partial charge in [0, 0.05) is 42.3 Å². The molecule has 2 aromatic carbocycles. The molecule has 0 radical (unpaired) electrons. The van der Waals surface area contributed by atoms with E-state index in [4.69, 9.17) is 11.6 Å². The first-order valence-corrected chi connectivity index (χ1v) is 15.1. The first-order valence-electron chi connectivity index (χ1n) is 13.3. The number of hydrogen-bond donors (Lipinski definition) is 1. The molecule has 1 unspecified atom stereocenters. The normalized spacial score (nSPS) is 15.4. The summed E-state index contributed by atoms with van der Waals surface area (Å²) >= 11 is 6.56. The minimum Gasteiger partial charge on any atom is -0.350 e. The first-order chi connectivity index (χ1) is 20.7. The number of carbonyl (C=O) groups excluding carboxylic acids is 1. The van der Waals surface area contributed by atoms with E-state index in [2.05, 4.69) is 20.3 Å². The molecule has 4 heterocycles. The Labute approximate surface area is 251 Å². The Morgan fingerprint density at radius 1 is 1.02 bits per heavy atom. The van der Waals surface area contributed by atoms with Crippen LogP contribution in [0, 0.1) is 10.1 Å². The number of carbonyl (C=O) groups is 1. The lowest BCUT2D eigenvalue weighted by molar-refractivity contribution is -0.385. The predicted octanol–water partition coefficient (Wildman–Crippen LogP) is 5.01. The van der Waals surface area contributed by atoms with Crippen LogP contribution in [0.4, 0.5) is 11.6 Å². The van der Waals surface area contributed by atoms with Gasteiger partial charge >= 0.3 is 0 Å². The Morgan fingerprint density at radius 3 is 2.53 bits per heavy atom. The molecule has 14 heteroatoms. The second-order valence-corrected chi connectivity index (χ2v) is 12.2. The van der Waals surface area contributed by atoms with Gasteiger partial charge in [-0.3, -0.25) is 14.9 Å². The molecule has 0 aliphatic carbocycles. The molecule has 0 spiro atoms. The first kappa shape index (κ1) is 28.2. The standard InChI is InChI=1S/C29H24ClN7O5S/c30-24-16-32-29(33-19-7-6-14-35(17-19)28(38)25-13-12-20(15-31-25)37(39)40)34-27(24)23-18-36(26-11-5-4-10-22(23)26)43(41,42)21-8-2-1-3-9-21/h1-5,8-13,15-16,18-19H,6-7,14,17H2,(H,32,33,34). The number of benzene rings is 2. The highest BCUT2D eigenvalue weighted by molar-refractivity contribution is 7.90. The number of para-hydroxylation sites is 1. The summed E-state index contributed by atoms with van der Waals surface area (Å²) in [6.45, 7) is 0.852. The van der Waals surface area contributed by atoms with Crippen molar-refractivity contribution in [3.8, 4) is 11.3 Å². The molecule has 1 aliphatic rings. The maximum Gasteiger partial charge on any atom is 0.287 e. The van der Waals surface area contributed by atoms with E-state index in [0.717, 1.165) is 12.6 Å². The van der Waals surface area contributed by atoms with Crippen LogP contribution in [0.3, 0.4) is 0 Å². The van der Waals surface area contributed by atoms with Crippen molar-refractivity contribution in [2.45, 2.75) is 23.8 Å². The van der Waals surface area contributed by atoms with Crippen LogP contribution in [-0.4, -0.2) is 62.2 Å². The van der Waals surface area contributed by atoms with Crippen molar-refractivity contribution in [1.29, 1.82) is 0 Å². The number of rotatable bonds is 7. The van der Waals surface area contributed by atoms with Gasteiger partial charge in [-0.2, -0.15) is 0 Å². The molecule has 1 amide bonds. The van der Waals surface area contributed by atoms with Crippen LogP contribution in [0.15, 0.2) is 90.2 Å². The maximum absolute atomic E-state index is 13.6. The molecular formula is C29H24ClN7O5S. The third-order valence-corrected chi connectivity index (χ3v) is 9.16. The molecule has 0 bridgehead atoms. The number of aromatic nitrogens is 4. The number of piperidine rings is 1. The fourth-order valence-corrected chi connectivity index (χ4v) is 6.70. The SMILES string of the molecule is O=C(c1ccc([N+](=O)[O-])cn1)N1CCCC(Nc2ncc(Cl)c(-c3cn(S(=O)(=O)c4ccccc4)c4ccccc34)n2)C1. The minimum atomic E-state index is -3.90. The number of pyridine rings is 1. The summed E-state index contributed by atoms with van der Waals surface area (Å²) in [4.78, 5) is 38.1. The Balaban J connectivity index is 1.27. The highest BCUT2D eigenvalue weighted by Gasteiger charge is 2.27. The van der Waals surface area contributed by atoms with E-state index in [1.807, 2.05) is 12.1 Å². The largest absolute Gasteiger partial charge is 0.350 e. The van der Waals surface area contributed by atoms with Crippen LogP contribution in [0.25, 0.3) is 22.2 Å². The van der Waals surface area contributed by atoms with Crippen LogP contribution in [0.5, 0.6) is 0 Å². The summed E-state index contributed by atoms with van der Waals surface area (Å²) in [6.07, 6.45) is 5.49.